The fraction of sp³-hybridized carbons (Fsp3) is 0.871. The van der Waals surface area contributed by atoms with Gasteiger partial charge in [-0.3, -0.25) is 18.6 Å². The Morgan fingerprint density at radius 2 is 0.806 bits per heavy atom. The number of hydrogen-bond acceptors (Lipinski definition) is 6. The minimum Gasteiger partial charge on any atom is -0.456 e. The lowest BCUT2D eigenvalue weighted by Gasteiger charge is -2.27. The quantitative estimate of drug-likeness (QED) is 0.0205. The number of carbonyl (C=O) groups is 2. The summed E-state index contributed by atoms with van der Waals surface area (Å²) in [7, 11) is 1.50. The standard InChI is InChI=1S/C62H119N2O7P/c1-7-10-13-16-19-22-25-27-29-31-32-33-35-37-40-43-46-49-52-55-62(66)71-60(53-50-47-44-41-38-24-21-18-15-12-9-3)59(58-70-72(67,68)69-57-56-64(4,5)6)63-61(65)54-51-48-45-42-39-36-34-30-28-26-23-20-17-14-11-8-2/h27,29-30,34,50,53,59-60H,7-26,28,31-33,35-49,51-52,54-58H2,1-6H3,(H-,63,65,67,68)/p+1/b29-27+,34-30+,53-50+. The number of phosphoric ester groups is 1. The highest BCUT2D eigenvalue weighted by molar-refractivity contribution is 7.47. The minimum atomic E-state index is -4.44. The van der Waals surface area contributed by atoms with E-state index in [0.717, 1.165) is 77.0 Å². The molecule has 0 heterocycles. The molecular weight excluding hydrogens is 916 g/mol. The number of phosphoric acid groups is 1. The molecule has 0 saturated carbocycles. The van der Waals surface area contributed by atoms with E-state index in [2.05, 4.69) is 50.4 Å². The molecule has 0 aromatic rings. The zero-order chi connectivity index (χ0) is 52.9. The van der Waals surface area contributed by atoms with Crippen LogP contribution in [-0.4, -0.2) is 74.3 Å². The van der Waals surface area contributed by atoms with E-state index >= 15 is 0 Å². The van der Waals surface area contributed by atoms with E-state index in [4.69, 9.17) is 13.8 Å². The van der Waals surface area contributed by atoms with Crippen molar-refractivity contribution in [3.8, 4) is 0 Å². The van der Waals surface area contributed by atoms with Crippen molar-refractivity contribution in [1.29, 1.82) is 0 Å². The molecule has 0 rings (SSSR count). The van der Waals surface area contributed by atoms with E-state index in [1.165, 1.54) is 186 Å². The van der Waals surface area contributed by atoms with Gasteiger partial charge < -0.3 is 19.4 Å². The van der Waals surface area contributed by atoms with Crippen LogP contribution in [0.15, 0.2) is 36.5 Å². The van der Waals surface area contributed by atoms with Crippen molar-refractivity contribution in [1.82, 2.24) is 5.32 Å². The van der Waals surface area contributed by atoms with Crippen molar-refractivity contribution >= 4 is 19.7 Å². The minimum absolute atomic E-state index is 0.0398. The van der Waals surface area contributed by atoms with Crippen molar-refractivity contribution in [2.45, 2.75) is 309 Å². The summed E-state index contributed by atoms with van der Waals surface area (Å²) in [5, 5.41) is 3.05. The van der Waals surface area contributed by atoms with Gasteiger partial charge in [0.1, 0.15) is 19.3 Å². The van der Waals surface area contributed by atoms with E-state index in [0.29, 0.717) is 17.4 Å². The van der Waals surface area contributed by atoms with Gasteiger partial charge in [-0.15, -0.1) is 0 Å². The second kappa shape index (κ2) is 52.7. The van der Waals surface area contributed by atoms with Crippen LogP contribution in [0.1, 0.15) is 297 Å². The number of allylic oxidation sites excluding steroid dienone is 5. The number of nitrogens with one attached hydrogen (secondary N) is 1. The van der Waals surface area contributed by atoms with Crippen molar-refractivity contribution in [2.75, 3.05) is 40.9 Å². The molecule has 0 aliphatic heterocycles. The van der Waals surface area contributed by atoms with E-state index in [9.17, 15) is 19.0 Å². The number of quaternary nitrogens is 1. The number of amides is 1. The molecule has 0 aliphatic rings. The number of likely N-dealkylation sites (N-methyl/N-ethyl adjacent to an activating group) is 1. The third kappa shape index (κ3) is 53.1. The molecule has 0 radical (unpaired) electrons. The van der Waals surface area contributed by atoms with E-state index in [1.54, 1.807) is 0 Å². The van der Waals surface area contributed by atoms with Crippen LogP contribution < -0.4 is 5.32 Å². The fourth-order valence-electron chi connectivity index (χ4n) is 8.99. The summed E-state index contributed by atoms with van der Waals surface area (Å²) in [4.78, 5) is 37.6. The lowest BCUT2D eigenvalue weighted by atomic mass is 10.0. The molecule has 72 heavy (non-hydrogen) atoms. The summed E-state index contributed by atoms with van der Waals surface area (Å²) in [5.41, 5.74) is 0. The monoisotopic (exact) mass is 1040 g/mol. The molecule has 0 aromatic heterocycles. The van der Waals surface area contributed by atoms with Crippen LogP contribution in [-0.2, 0) is 27.9 Å². The Labute approximate surface area is 446 Å². The average molecular weight is 1040 g/mol. The topological polar surface area (TPSA) is 111 Å². The van der Waals surface area contributed by atoms with Crippen LogP contribution in [0, 0.1) is 0 Å². The molecule has 9 nitrogen and oxygen atoms in total. The molecule has 3 unspecified atom stereocenters. The van der Waals surface area contributed by atoms with Crippen molar-refractivity contribution in [2.24, 2.45) is 0 Å². The number of ether oxygens (including phenoxy) is 1. The predicted molar refractivity (Wildman–Crippen MR) is 309 cm³/mol. The van der Waals surface area contributed by atoms with Crippen LogP contribution in [0.25, 0.3) is 0 Å². The zero-order valence-electron chi connectivity index (χ0n) is 48.4. The first kappa shape index (κ1) is 70.2. The molecule has 0 saturated heterocycles. The van der Waals surface area contributed by atoms with Crippen LogP contribution in [0.2, 0.25) is 0 Å². The number of hydrogen-bond donors (Lipinski definition) is 2. The summed E-state index contributed by atoms with van der Waals surface area (Å²) in [6.45, 7) is 7.02. The van der Waals surface area contributed by atoms with Crippen molar-refractivity contribution in [3.05, 3.63) is 36.5 Å². The summed E-state index contributed by atoms with van der Waals surface area (Å²) in [6.07, 6.45) is 62.8. The largest absolute Gasteiger partial charge is 0.472 e. The molecule has 3 atom stereocenters. The van der Waals surface area contributed by atoms with E-state index in [1.807, 2.05) is 33.3 Å². The van der Waals surface area contributed by atoms with Gasteiger partial charge in [-0.25, -0.2) is 4.57 Å². The van der Waals surface area contributed by atoms with Gasteiger partial charge in [0, 0.05) is 12.8 Å². The maximum Gasteiger partial charge on any atom is 0.472 e. The van der Waals surface area contributed by atoms with E-state index < -0.39 is 20.0 Å². The molecular formula is C62H120N2O7P+. The molecule has 10 heteroatoms. The Balaban J connectivity index is 5.23. The Bertz CT molecular complexity index is 1330. The van der Waals surface area contributed by atoms with Gasteiger partial charge in [-0.2, -0.15) is 0 Å². The van der Waals surface area contributed by atoms with Crippen molar-refractivity contribution < 1.29 is 37.3 Å². The number of rotatable bonds is 56. The van der Waals surface area contributed by atoms with Gasteiger partial charge in [0.05, 0.1) is 33.8 Å². The molecule has 424 valence electrons. The smallest absolute Gasteiger partial charge is 0.456 e. The normalized spacial score (nSPS) is 13.9. The molecule has 0 fully saturated rings. The van der Waals surface area contributed by atoms with Gasteiger partial charge in [0.15, 0.2) is 0 Å². The lowest BCUT2D eigenvalue weighted by Crippen LogP contribution is -2.47. The number of nitrogens with zero attached hydrogens (tertiary/aromatic N) is 1. The van der Waals surface area contributed by atoms with Crippen LogP contribution >= 0.6 is 7.82 Å². The Kier molecular flexibility index (Phi) is 51.4. The second-order valence-electron chi connectivity index (χ2n) is 22.2. The second-order valence-corrected chi connectivity index (χ2v) is 23.7. The van der Waals surface area contributed by atoms with Crippen molar-refractivity contribution in [3.63, 3.8) is 0 Å². The maximum atomic E-state index is 13.5. The van der Waals surface area contributed by atoms with E-state index in [-0.39, 0.29) is 31.5 Å². The number of esters is 1. The molecule has 0 aliphatic carbocycles. The molecule has 0 spiro atoms. The Morgan fingerprint density at radius 3 is 1.18 bits per heavy atom. The van der Waals surface area contributed by atoms with Crippen LogP contribution in [0.4, 0.5) is 0 Å². The summed E-state index contributed by atoms with van der Waals surface area (Å²) < 4.78 is 30.7. The summed E-state index contributed by atoms with van der Waals surface area (Å²) >= 11 is 0. The summed E-state index contributed by atoms with van der Waals surface area (Å²) in [5.74, 6) is -0.508. The maximum absolute atomic E-state index is 13.5. The first-order chi connectivity index (χ1) is 34.9. The highest BCUT2D eigenvalue weighted by atomic mass is 31.2. The zero-order valence-corrected chi connectivity index (χ0v) is 49.3. The predicted octanol–water partition coefficient (Wildman–Crippen LogP) is 18.7. The number of carbonyl (C=O) groups excluding carboxylic acids is 2. The van der Waals surface area contributed by atoms with Gasteiger partial charge >= 0.3 is 13.8 Å². The lowest BCUT2D eigenvalue weighted by molar-refractivity contribution is -0.870. The van der Waals surface area contributed by atoms with Crippen LogP contribution in [0.5, 0.6) is 0 Å². The Hall–Kier alpha value is -1.77. The summed E-state index contributed by atoms with van der Waals surface area (Å²) in [6, 6.07) is -0.850. The van der Waals surface area contributed by atoms with Gasteiger partial charge in [0.25, 0.3) is 0 Å². The van der Waals surface area contributed by atoms with Gasteiger partial charge in [-0.1, -0.05) is 237 Å². The fourth-order valence-corrected chi connectivity index (χ4v) is 9.72. The molecule has 2 N–H and O–H groups in total. The van der Waals surface area contributed by atoms with Gasteiger partial charge in [-0.05, 0) is 83.1 Å². The third-order valence-corrected chi connectivity index (χ3v) is 14.8. The highest BCUT2D eigenvalue weighted by Gasteiger charge is 2.30. The SMILES string of the molecule is CCCCCCCC/C=C/CCCCCCCCCCCC(=O)OC(/C=C/CCCCCCCCCCC)C(COP(=O)(O)OCC[N+](C)(C)C)NC(=O)CCCCCCC/C=C/CCCCCCCCC. The number of unbranched alkanes of at least 4 members (excludes halogenated alkanes) is 36. The average Bonchev–Trinajstić information content (AvgIpc) is 3.34. The first-order valence-corrected chi connectivity index (χ1v) is 32.3. The highest BCUT2D eigenvalue weighted by Crippen LogP contribution is 2.43. The van der Waals surface area contributed by atoms with Crippen LogP contribution in [0.3, 0.4) is 0 Å². The first-order valence-electron chi connectivity index (χ1n) is 30.8. The third-order valence-electron chi connectivity index (χ3n) is 13.8. The molecule has 0 bridgehead atoms. The Morgan fingerprint density at radius 1 is 0.472 bits per heavy atom. The van der Waals surface area contributed by atoms with Gasteiger partial charge in [0.2, 0.25) is 5.91 Å². The molecule has 1 amide bonds. The molecule has 0 aromatic carbocycles.